The van der Waals surface area contributed by atoms with Crippen LogP contribution in [-0.2, 0) is 25.6 Å². The number of ether oxygens (including phenoxy) is 4. The maximum atomic E-state index is 10.2. The van der Waals surface area contributed by atoms with Gasteiger partial charge in [0.1, 0.15) is 12.2 Å². The second-order valence-corrected chi connectivity index (χ2v) is 5.27. The Morgan fingerprint density at radius 2 is 1.86 bits per heavy atom. The number of hydrogen-bond acceptors (Lipinski definition) is 5. The van der Waals surface area contributed by atoms with Crippen molar-refractivity contribution in [1.82, 2.24) is 0 Å². The van der Waals surface area contributed by atoms with Crippen LogP contribution in [0.5, 0.6) is 0 Å². The zero-order valence-electron chi connectivity index (χ0n) is 12.8. The Hall–Kier alpha value is -0.980. The van der Waals surface area contributed by atoms with E-state index in [4.69, 9.17) is 18.9 Å². The first-order valence-corrected chi connectivity index (χ1v) is 7.20. The fourth-order valence-electron chi connectivity index (χ4n) is 2.29. The summed E-state index contributed by atoms with van der Waals surface area (Å²) in [6, 6.07) is 9.89. The molecule has 5 heteroatoms. The van der Waals surface area contributed by atoms with Crippen LogP contribution in [0.15, 0.2) is 30.3 Å². The Morgan fingerprint density at radius 1 is 1.19 bits per heavy atom. The summed E-state index contributed by atoms with van der Waals surface area (Å²) in [4.78, 5) is 0. The minimum atomic E-state index is -0.645. The summed E-state index contributed by atoms with van der Waals surface area (Å²) >= 11 is 0. The fourth-order valence-corrected chi connectivity index (χ4v) is 2.29. The Morgan fingerprint density at radius 3 is 2.48 bits per heavy atom. The van der Waals surface area contributed by atoms with Crippen molar-refractivity contribution in [3.63, 3.8) is 0 Å². The standard InChI is InChI=1S/C16H24O5/c1-11(20-10-12-7-5-4-6-8-12)15(17)16-13(21-16)9-14(18-2)19-3/h4-8,11,13-17H,9-10H2,1-3H3/t11-,13+,15+,16+/m0/s1. The molecule has 1 aliphatic rings. The van der Waals surface area contributed by atoms with Gasteiger partial charge in [-0.15, -0.1) is 0 Å². The molecule has 21 heavy (non-hydrogen) atoms. The lowest BCUT2D eigenvalue weighted by Gasteiger charge is -2.18. The van der Waals surface area contributed by atoms with E-state index in [0.29, 0.717) is 13.0 Å². The number of aliphatic hydroxyl groups is 1. The van der Waals surface area contributed by atoms with Gasteiger partial charge in [-0.05, 0) is 12.5 Å². The molecule has 0 unspecified atom stereocenters. The van der Waals surface area contributed by atoms with Gasteiger partial charge in [-0.2, -0.15) is 0 Å². The number of epoxide rings is 1. The highest BCUT2D eigenvalue weighted by Gasteiger charge is 2.47. The van der Waals surface area contributed by atoms with Crippen LogP contribution >= 0.6 is 0 Å². The second kappa shape index (κ2) is 7.87. The predicted octanol–water partition coefficient (Wildman–Crippen LogP) is 1.73. The summed E-state index contributed by atoms with van der Waals surface area (Å²) in [6.45, 7) is 2.34. The Kier molecular flexibility index (Phi) is 6.14. The monoisotopic (exact) mass is 296 g/mol. The summed E-state index contributed by atoms with van der Waals surface area (Å²) in [5.74, 6) is 0. The molecule has 4 atom stereocenters. The molecule has 1 N–H and O–H groups in total. The smallest absolute Gasteiger partial charge is 0.159 e. The second-order valence-electron chi connectivity index (χ2n) is 5.27. The number of rotatable bonds is 9. The lowest BCUT2D eigenvalue weighted by molar-refractivity contribution is -0.109. The molecule has 0 saturated carbocycles. The van der Waals surface area contributed by atoms with Crippen molar-refractivity contribution in [2.75, 3.05) is 14.2 Å². The highest BCUT2D eigenvalue weighted by molar-refractivity contribution is 5.13. The highest BCUT2D eigenvalue weighted by Crippen LogP contribution is 2.32. The lowest BCUT2D eigenvalue weighted by Crippen LogP contribution is -2.32. The van der Waals surface area contributed by atoms with Crippen LogP contribution in [0.3, 0.4) is 0 Å². The molecule has 1 aromatic carbocycles. The number of aliphatic hydroxyl groups excluding tert-OH is 1. The van der Waals surface area contributed by atoms with Gasteiger partial charge in [0, 0.05) is 20.6 Å². The van der Waals surface area contributed by atoms with Crippen LogP contribution in [0.2, 0.25) is 0 Å². The molecular weight excluding hydrogens is 272 g/mol. The van der Waals surface area contributed by atoms with Crippen LogP contribution < -0.4 is 0 Å². The molecule has 0 amide bonds. The summed E-state index contributed by atoms with van der Waals surface area (Å²) < 4.78 is 21.5. The molecule has 118 valence electrons. The van der Waals surface area contributed by atoms with Gasteiger partial charge in [0.25, 0.3) is 0 Å². The van der Waals surface area contributed by atoms with Crippen LogP contribution in [0.25, 0.3) is 0 Å². The van der Waals surface area contributed by atoms with Crippen LogP contribution in [0, 0.1) is 0 Å². The molecule has 1 fully saturated rings. The first-order valence-electron chi connectivity index (χ1n) is 7.20. The molecule has 1 heterocycles. The van der Waals surface area contributed by atoms with E-state index in [1.165, 1.54) is 0 Å². The van der Waals surface area contributed by atoms with Crippen molar-refractivity contribution in [3.8, 4) is 0 Å². The average molecular weight is 296 g/mol. The normalized spacial score (nSPS) is 24.0. The van der Waals surface area contributed by atoms with Gasteiger partial charge in [-0.3, -0.25) is 0 Å². The molecule has 1 saturated heterocycles. The number of hydrogen-bond donors (Lipinski definition) is 1. The van der Waals surface area contributed by atoms with Gasteiger partial charge in [-0.25, -0.2) is 0 Å². The van der Waals surface area contributed by atoms with Crippen molar-refractivity contribution in [2.45, 2.75) is 50.7 Å². The third-order valence-corrected chi connectivity index (χ3v) is 3.75. The Bertz CT molecular complexity index is 406. The van der Waals surface area contributed by atoms with Crippen molar-refractivity contribution >= 4 is 0 Å². The molecule has 0 aromatic heterocycles. The summed E-state index contributed by atoms with van der Waals surface area (Å²) in [6.07, 6.45) is -0.860. The van der Waals surface area contributed by atoms with E-state index in [9.17, 15) is 5.11 Å². The van der Waals surface area contributed by atoms with E-state index in [2.05, 4.69) is 0 Å². The highest BCUT2D eigenvalue weighted by atomic mass is 16.7. The first-order chi connectivity index (χ1) is 10.2. The summed E-state index contributed by atoms with van der Waals surface area (Å²) in [7, 11) is 3.18. The Labute approximate surface area is 125 Å². The SMILES string of the molecule is COC(C[C@H]1O[C@H]1[C@H](O)[C@H](C)OCc1ccccc1)OC. The third-order valence-electron chi connectivity index (χ3n) is 3.75. The van der Waals surface area contributed by atoms with Gasteiger partial charge >= 0.3 is 0 Å². The van der Waals surface area contributed by atoms with E-state index >= 15 is 0 Å². The van der Waals surface area contributed by atoms with E-state index in [1.54, 1.807) is 14.2 Å². The van der Waals surface area contributed by atoms with Gasteiger partial charge in [-0.1, -0.05) is 30.3 Å². The van der Waals surface area contributed by atoms with Crippen LogP contribution in [0.4, 0.5) is 0 Å². The van der Waals surface area contributed by atoms with Gasteiger partial charge in [0.15, 0.2) is 6.29 Å². The Balaban J connectivity index is 1.72. The van der Waals surface area contributed by atoms with Gasteiger partial charge in [0.05, 0.1) is 18.8 Å². The van der Waals surface area contributed by atoms with Crippen molar-refractivity contribution in [2.24, 2.45) is 0 Å². The van der Waals surface area contributed by atoms with Crippen LogP contribution in [-0.4, -0.2) is 50.0 Å². The average Bonchev–Trinajstić information content (AvgIpc) is 3.29. The molecule has 0 aliphatic carbocycles. The number of benzene rings is 1. The minimum absolute atomic E-state index is 0.0346. The maximum absolute atomic E-state index is 10.2. The molecular formula is C16H24O5. The van der Waals surface area contributed by atoms with E-state index in [-0.39, 0.29) is 24.6 Å². The fraction of sp³-hybridized carbons (Fsp3) is 0.625. The molecule has 2 rings (SSSR count). The van der Waals surface area contributed by atoms with Crippen molar-refractivity contribution in [1.29, 1.82) is 0 Å². The zero-order valence-corrected chi connectivity index (χ0v) is 12.8. The quantitative estimate of drug-likeness (QED) is 0.555. The largest absolute Gasteiger partial charge is 0.388 e. The maximum Gasteiger partial charge on any atom is 0.159 e. The zero-order chi connectivity index (χ0) is 15.2. The van der Waals surface area contributed by atoms with Crippen LogP contribution in [0.1, 0.15) is 18.9 Å². The van der Waals surface area contributed by atoms with Crippen molar-refractivity contribution in [3.05, 3.63) is 35.9 Å². The van der Waals surface area contributed by atoms with Gasteiger partial charge < -0.3 is 24.1 Å². The number of methoxy groups -OCH3 is 2. The molecule has 5 nitrogen and oxygen atoms in total. The molecule has 1 aromatic rings. The lowest BCUT2D eigenvalue weighted by atomic mass is 10.1. The van der Waals surface area contributed by atoms with E-state index < -0.39 is 6.10 Å². The van der Waals surface area contributed by atoms with Gasteiger partial charge in [0.2, 0.25) is 0 Å². The topological polar surface area (TPSA) is 60.5 Å². The minimum Gasteiger partial charge on any atom is -0.388 e. The summed E-state index contributed by atoms with van der Waals surface area (Å²) in [5, 5.41) is 10.2. The predicted molar refractivity (Wildman–Crippen MR) is 77.8 cm³/mol. The van der Waals surface area contributed by atoms with Crippen molar-refractivity contribution < 1.29 is 24.1 Å². The third kappa shape index (κ3) is 4.76. The molecule has 1 aliphatic heterocycles. The molecule has 0 radical (unpaired) electrons. The first kappa shape index (κ1) is 16.4. The molecule has 0 spiro atoms. The summed E-state index contributed by atoms with van der Waals surface area (Å²) in [5.41, 5.74) is 1.09. The molecule has 0 bridgehead atoms. The van der Waals surface area contributed by atoms with E-state index in [1.807, 2.05) is 37.3 Å². The van der Waals surface area contributed by atoms with E-state index in [0.717, 1.165) is 5.56 Å².